The zero-order chi connectivity index (χ0) is 16.9. The first-order valence-corrected chi connectivity index (χ1v) is 9.46. The highest BCUT2D eigenvalue weighted by atomic mass is 32.2. The third kappa shape index (κ3) is 2.33. The van der Waals surface area contributed by atoms with Crippen molar-refractivity contribution in [2.45, 2.75) is 29.2 Å². The first-order chi connectivity index (χ1) is 11.4. The minimum Gasteiger partial charge on any atom is -0.347 e. The fourth-order valence-corrected chi connectivity index (χ4v) is 5.14. The lowest BCUT2D eigenvalue weighted by molar-refractivity contribution is -0.124. The molecule has 0 spiro atoms. The van der Waals surface area contributed by atoms with E-state index in [-0.39, 0.29) is 17.5 Å². The number of benzene rings is 2. The Labute approximate surface area is 139 Å². The molecule has 2 aromatic carbocycles. The fraction of sp³-hybridized carbons (Fsp3) is 0.278. The number of carbonyl (C=O) groups is 1. The van der Waals surface area contributed by atoms with Gasteiger partial charge in [-0.05, 0) is 42.2 Å². The molecule has 1 aliphatic carbocycles. The molecule has 6 heteroatoms. The first-order valence-electron chi connectivity index (χ1n) is 7.81. The van der Waals surface area contributed by atoms with E-state index in [1.165, 1.54) is 12.1 Å². The van der Waals surface area contributed by atoms with Crippen LogP contribution in [0.15, 0.2) is 53.4 Å². The molecule has 24 heavy (non-hydrogen) atoms. The summed E-state index contributed by atoms with van der Waals surface area (Å²) in [5.41, 5.74) is 0.755. The lowest BCUT2D eigenvalue weighted by Gasteiger charge is -2.19. The normalized spacial score (nSPS) is 22.6. The number of amides is 1. The molecule has 0 radical (unpaired) electrons. The van der Waals surface area contributed by atoms with Gasteiger partial charge in [-0.15, -0.1) is 0 Å². The van der Waals surface area contributed by atoms with E-state index >= 15 is 0 Å². The molecule has 2 aliphatic rings. The second-order valence-electron chi connectivity index (χ2n) is 6.43. The van der Waals surface area contributed by atoms with Crippen LogP contribution in [0.1, 0.15) is 30.0 Å². The molecule has 1 amide bonds. The maximum atomic E-state index is 13.1. The third-order valence-corrected chi connectivity index (χ3v) is 6.72. The van der Waals surface area contributed by atoms with Gasteiger partial charge in [0.15, 0.2) is 9.84 Å². The molecule has 4 rings (SSSR count). The van der Waals surface area contributed by atoms with E-state index in [0.717, 1.165) is 5.56 Å². The summed E-state index contributed by atoms with van der Waals surface area (Å²) in [5, 5.41) is 2.89. The van der Waals surface area contributed by atoms with Gasteiger partial charge in [-0.1, -0.05) is 30.3 Å². The Bertz CT molecular complexity index is 918. The second kappa shape index (κ2) is 5.14. The van der Waals surface area contributed by atoms with Crippen LogP contribution in [-0.2, 0) is 20.0 Å². The van der Waals surface area contributed by atoms with Crippen LogP contribution < -0.4 is 5.32 Å². The number of halogens is 1. The van der Waals surface area contributed by atoms with Gasteiger partial charge in [0, 0.05) is 0 Å². The van der Waals surface area contributed by atoms with Gasteiger partial charge in [0.2, 0.25) is 5.91 Å². The number of carbonyl (C=O) groups excluding carboxylic acids is 1. The SMILES string of the molecule is O=C(NC1CS(=O)(=O)c2ccccc21)C1(c2ccc(F)cc2)CC1. The monoisotopic (exact) mass is 345 g/mol. The molecule has 124 valence electrons. The van der Waals surface area contributed by atoms with Crippen molar-refractivity contribution >= 4 is 15.7 Å². The van der Waals surface area contributed by atoms with E-state index in [1.54, 1.807) is 36.4 Å². The van der Waals surface area contributed by atoms with E-state index < -0.39 is 21.3 Å². The Hall–Kier alpha value is -2.21. The van der Waals surface area contributed by atoms with Crippen molar-refractivity contribution in [2.75, 3.05) is 5.75 Å². The van der Waals surface area contributed by atoms with Crippen LogP contribution in [0.5, 0.6) is 0 Å². The molecule has 0 bridgehead atoms. The predicted molar refractivity (Wildman–Crippen MR) is 86.7 cm³/mol. The summed E-state index contributed by atoms with van der Waals surface area (Å²) in [6, 6.07) is 12.2. The Morgan fingerprint density at radius 3 is 2.42 bits per heavy atom. The van der Waals surface area contributed by atoms with Gasteiger partial charge in [-0.25, -0.2) is 12.8 Å². The van der Waals surface area contributed by atoms with E-state index in [2.05, 4.69) is 5.32 Å². The largest absolute Gasteiger partial charge is 0.347 e. The van der Waals surface area contributed by atoms with Gasteiger partial charge in [0.1, 0.15) is 5.82 Å². The van der Waals surface area contributed by atoms with Gasteiger partial charge in [-0.3, -0.25) is 4.79 Å². The highest BCUT2D eigenvalue weighted by molar-refractivity contribution is 7.91. The van der Waals surface area contributed by atoms with Crippen molar-refractivity contribution in [3.8, 4) is 0 Å². The molecule has 2 aromatic rings. The minimum atomic E-state index is -3.36. The molecule has 4 nitrogen and oxygen atoms in total. The van der Waals surface area contributed by atoms with Crippen molar-refractivity contribution in [1.29, 1.82) is 0 Å². The average Bonchev–Trinajstić information content (AvgIpc) is 3.32. The summed E-state index contributed by atoms with van der Waals surface area (Å²) in [6.07, 6.45) is 1.37. The molecule has 1 saturated carbocycles. The molecule has 1 atom stereocenters. The van der Waals surface area contributed by atoms with Gasteiger partial charge >= 0.3 is 0 Å². The number of fused-ring (bicyclic) bond motifs is 1. The van der Waals surface area contributed by atoms with Crippen LogP contribution in [0.3, 0.4) is 0 Å². The summed E-state index contributed by atoms with van der Waals surface area (Å²) in [6.45, 7) is 0. The van der Waals surface area contributed by atoms with Gasteiger partial charge in [-0.2, -0.15) is 0 Å². The summed E-state index contributed by atoms with van der Waals surface area (Å²) in [4.78, 5) is 13.1. The molecular formula is C18H16FNO3S. The van der Waals surface area contributed by atoms with Gasteiger partial charge in [0.25, 0.3) is 0 Å². The topological polar surface area (TPSA) is 63.2 Å². The van der Waals surface area contributed by atoms with Crippen LogP contribution in [0.25, 0.3) is 0 Å². The highest BCUT2D eigenvalue weighted by Crippen LogP contribution is 2.49. The fourth-order valence-electron chi connectivity index (χ4n) is 3.41. The first kappa shape index (κ1) is 15.3. The van der Waals surface area contributed by atoms with Crippen molar-refractivity contribution in [3.63, 3.8) is 0 Å². The Morgan fingerprint density at radius 2 is 1.75 bits per heavy atom. The molecule has 0 aromatic heterocycles. The average molecular weight is 345 g/mol. The number of hydrogen-bond acceptors (Lipinski definition) is 3. The second-order valence-corrected chi connectivity index (χ2v) is 8.44. The summed E-state index contributed by atoms with van der Waals surface area (Å²) in [5.74, 6) is -0.644. The molecule has 1 heterocycles. The minimum absolute atomic E-state index is 0.114. The highest BCUT2D eigenvalue weighted by Gasteiger charge is 2.52. The molecular weight excluding hydrogens is 329 g/mol. The predicted octanol–water partition coefficient (Wildman–Crippen LogP) is 2.50. The maximum Gasteiger partial charge on any atom is 0.231 e. The quantitative estimate of drug-likeness (QED) is 0.930. The lowest BCUT2D eigenvalue weighted by Crippen LogP contribution is -2.38. The van der Waals surface area contributed by atoms with Gasteiger partial charge in [0.05, 0.1) is 22.1 Å². The van der Waals surface area contributed by atoms with Crippen LogP contribution in [0.2, 0.25) is 0 Å². The number of nitrogens with one attached hydrogen (secondary N) is 1. The summed E-state index contributed by atoms with van der Waals surface area (Å²) < 4.78 is 37.6. The lowest BCUT2D eigenvalue weighted by atomic mass is 9.94. The van der Waals surface area contributed by atoms with E-state index in [9.17, 15) is 17.6 Å². The number of hydrogen-bond donors (Lipinski definition) is 1. The van der Waals surface area contributed by atoms with Crippen LogP contribution in [-0.4, -0.2) is 20.1 Å². The van der Waals surface area contributed by atoms with Crippen LogP contribution in [0, 0.1) is 5.82 Å². The standard InChI is InChI=1S/C18H16FNO3S/c19-13-7-5-12(6-8-13)18(9-10-18)17(21)20-15-11-24(22,23)16-4-2-1-3-14(15)16/h1-8,15H,9-11H2,(H,20,21). The summed E-state index contributed by atoms with van der Waals surface area (Å²) >= 11 is 0. The Kier molecular flexibility index (Phi) is 3.28. The molecule has 0 saturated heterocycles. The molecule has 1 aliphatic heterocycles. The zero-order valence-electron chi connectivity index (χ0n) is 12.8. The maximum absolute atomic E-state index is 13.1. The third-order valence-electron chi connectivity index (χ3n) is 4.90. The van der Waals surface area contributed by atoms with E-state index in [1.807, 2.05) is 0 Å². The summed E-state index contributed by atoms with van der Waals surface area (Å²) in [7, 11) is -3.36. The van der Waals surface area contributed by atoms with Crippen molar-refractivity contribution < 1.29 is 17.6 Å². The molecule has 1 N–H and O–H groups in total. The van der Waals surface area contributed by atoms with Crippen LogP contribution in [0.4, 0.5) is 4.39 Å². The van der Waals surface area contributed by atoms with Crippen molar-refractivity contribution in [2.24, 2.45) is 0 Å². The number of rotatable bonds is 3. The van der Waals surface area contributed by atoms with Crippen LogP contribution >= 0.6 is 0 Å². The number of sulfone groups is 1. The molecule has 1 unspecified atom stereocenters. The Morgan fingerprint density at radius 1 is 1.08 bits per heavy atom. The van der Waals surface area contributed by atoms with Crippen molar-refractivity contribution in [3.05, 3.63) is 65.5 Å². The van der Waals surface area contributed by atoms with E-state index in [0.29, 0.717) is 23.3 Å². The molecule has 1 fully saturated rings. The van der Waals surface area contributed by atoms with Gasteiger partial charge < -0.3 is 5.32 Å². The van der Waals surface area contributed by atoms with Crippen molar-refractivity contribution in [1.82, 2.24) is 5.32 Å². The smallest absolute Gasteiger partial charge is 0.231 e. The zero-order valence-corrected chi connectivity index (χ0v) is 13.6. The Balaban J connectivity index is 1.61. The van der Waals surface area contributed by atoms with E-state index in [4.69, 9.17) is 0 Å².